The SMILES string of the molecule is CCCN1CCC(Nc2ccc(=O)n(C)c2)CC1. The zero-order valence-corrected chi connectivity index (χ0v) is 11.4. The minimum absolute atomic E-state index is 0.0401. The van der Waals surface area contributed by atoms with Crippen molar-refractivity contribution in [1.82, 2.24) is 9.47 Å². The topological polar surface area (TPSA) is 37.3 Å². The summed E-state index contributed by atoms with van der Waals surface area (Å²) in [6.07, 6.45) is 5.48. The number of aromatic nitrogens is 1. The standard InChI is InChI=1S/C14H23N3O/c1-3-8-17-9-6-12(7-10-17)15-13-4-5-14(18)16(2)11-13/h4-5,11-12,15H,3,6-10H2,1-2H3. The van der Waals surface area contributed by atoms with E-state index in [2.05, 4.69) is 17.1 Å². The third kappa shape index (κ3) is 3.35. The van der Waals surface area contributed by atoms with Crippen molar-refractivity contribution in [1.29, 1.82) is 0 Å². The fourth-order valence-corrected chi connectivity index (χ4v) is 2.53. The van der Waals surface area contributed by atoms with E-state index in [0.29, 0.717) is 6.04 Å². The van der Waals surface area contributed by atoms with E-state index in [1.165, 1.54) is 38.9 Å². The summed E-state index contributed by atoms with van der Waals surface area (Å²) in [5.41, 5.74) is 1.09. The number of anilines is 1. The van der Waals surface area contributed by atoms with Crippen LogP contribution in [-0.2, 0) is 7.05 Å². The minimum atomic E-state index is 0.0401. The number of piperidine rings is 1. The van der Waals surface area contributed by atoms with Gasteiger partial charge in [-0.1, -0.05) is 6.92 Å². The van der Waals surface area contributed by atoms with Crippen molar-refractivity contribution in [3.05, 3.63) is 28.7 Å². The molecule has 0 amide bonds. The lowest BCUT2D eigenvalue weighted by molar-refractivity contribution is 0.219. The molecule has 0 aromatic carbocycles. The van der Waals surface area contributed by atoms with Crippen LogP contribution in [0.25, 0.3) is 0 Å². The highest BCUT2D eigenvalue weighted by molar-refractivity contribution is 5.41. The van der Waals surface area contributed by atoms with Gasteiger partial charge in [0.05, 0.1) is 5.69 Å². The Morgan fingerprint density at radius 3 is 2.67 bits per heavy atom. The number of hydrogen-bond donors (Lipinski definition) is 1. The summed E-state index contributed by atoms with van der Waals surface area (Å²) in [5.74, 6) is 0. The van der Waals surface area contributed by atoms with Gasteiger partial charge in [-0.3, -0.25) is 4.79 Å². The number of pyridine rings is 1. The summed E-state index contributed by atoms with van der Waals surface area (Å²) in [7, 11) is 1.79. The first kappa shape index (κ1) is 13.1. The number of hydrogen-bond acceptors (Lipinski definition) is 3. The molecule has 0 saturated carbocycles. The third-order valence-electron chi connectivity index (χ3n) is 3.58. The lowest BCUT2D eigenvalue weighted by atomic mass is 10.0. The number of nitrogens with one attached hydrogen (secondary N) is 1. The number of nitrogens with zero attached hydrogens (tertiary/aromatic N) is 2. The Balaban J connectivity index is 1.87. The predicted octanol–water partition coefficient (Wildman–Crippen LogP) is 1.67. The van der Waals surface area contributed by atoms with E-state index in [1.807, 2.05) is 12.3 Å². The molecule has 18 heavy (non-hydrogen) atoms. The normalized spacial score (nSPS) is 17.9. The van der Waals surface area contributed by atoms with E-state index in [4.69, 9.17) is 0 Å². The van der Waals surface area contributed by atoms with Gasteiger partial charge < -0.3 is 14.8 Å². The zero-order valence-electron chi connectivity index (χ0n) is 11.4. The van der Waals surface area contributed by atoms with E-state index >= 15 is 0 Å². The fraction of sp³-hybridized carbons (Fsp3) is 0.643. The Morgan fingerprint density at radius 2 is 2.06 bits per heavy atom. The molecule has 100 valence electrons. The highest BCUT2D eigenvalue weighted by Gasteiger charge is 2.18. The van der Waals surface area contributed by atoms with E-state index in [-0.39, 0.29) is 5.56 Å². The maximum absolute atomic E-state index is 11.3. The number of aryl methyl sites for hydroxylation is 1. The van der Waals surface area contributed by atoms with E-state index in [0.717, 1.165) is 5.69 Å². The third-order valence-corrected chi connectivity index (χ3v) is 3.58. The van der Waals surface area contributed by atoms with Crippen molar-refractivity contribution in [3.63, 3.8) is 0 Å². The Morgan fingerprint density at radius 1 is 1.33 bits per heavy atom. The van der Waals surface area contributed by atoms with Gasteiger partial charge in [-0.25, -0.2) is 0 Å². The highest BCUT2D eigenvalue weighted by Crippen LogP contribution is 2.15. The van der Waals surface area contributed by atoms with Gasteiger partial charge in [0.1, 0.15) is 0 Å². The Hall–Kier alpha value is -1.29. The van der Waals surface area contributed by atoms with Crippen LogP contribution in [0, 0.1) is 0 Å². The molecular formula is C14H23N3O. The summed E-state index contributed by atoms with van der Waals surface area (Å²) in [6, 6.07) is 4.03. The molecule has 1 saturated heterocycles. The maximum Gasteiger partial charge on any atom is 0.250 e. The van der Waals surface area contributed by atoms with Gasteiger partial charge in [-0.2, -0.15) is 0 Å². The van der Waals surface area contributed by atoms with Gasteiger partial charge >= 0.3 is 0 Å². The van der Waals surface area contributed by atoms with Crippen LogP contribution >= 0.6 is 0 Å². The lowest BCUT2D eigenvalue weighted by Crippen LogP contribution is -2.39. The van der Waals surface area contributed by atoms with Crippen LogP contribution in [0.15, 0.2) is 23.1 Å². The van der Waals surface area contributed by atoms with E-state index in [1.54, 1.807) is 17.7 Å². The molecule has 0 unspecified atom stereocenters. The Bertz CT molecular complexity index is 433. The first-order valence-corrected chi connectivity index (χ1v) is 6.84. The van der Waals surface area contributed by atoms with Crippen LogP contribution < -0.4 is 10.9 Å². The molecule has 1 aromatic rings. The molecule has 2 rings (SSSR count). The van der Waals surface area contributed by atoms with Gasteiger partial charge in [0.15, 0.2) is 0 Å². The molecule has 1 fully saturated rings. The van der Waals surface area contributed by atoms with Gasteiger partial charge in [-0.15, -0.1) is 0 Å². The van der Waals surface area contributed by atoms with Gasteiger partial charge in [0.25, 0.3) is 0 Å². The number of rotatable bonds is 4. The van der Waals surface area contributed by atoms with Crippen molar-refractivity contribution >= 4 is 5.69 Å². The average molecular weight is 249 g/mol. The second-order valence-electron chi connectivity index (χ2n) is 5.13. The molecule has 1 aromatic heterocycles. The first-order valence-electron chi connectivity index (χ1n) is 6.84. The van der Waals surface area contributed by atoms with E-state index in [9.17, 15) is 4.79 Å². The minimum Gasteiger partial charge on any atom is -0.381 e. The molecule has 1 aliphatic heterocycles. The van der Waals surface area contributed by atoms with Gasteiger partial charge in [0.2, 0.25) is 5.56 Å². The van der Waals surface area contributed by atoms with Crippen LogP contribution in [0.2, 0.25) is 0 Å². The largest absolute Gasteiger partial charge is 0.381 e. The quantitative estimate of drug-likeness (QED) is 0.882. The molecule has 4 nitrogen and oxygen atoms in total. The molecule has 0 spiro atoms. The van der Waals surface area contributed by atoms with Crippen LogP contribution in [0.5, 0.6) is 0 Å². The van der Waals surface area contributed by atoms with Crippen molar-refractivity contribution < 1.29 is 0 Å². The van der Waals surface area contributed by atoms with Crippen LogP contribution in [-0.4, -0.2) is 35.1 Å². The lowest BCUT2D eigenvalue weighted by Gasteiger charge is -2.32. The van der Waals surface area contributed by atoms with Crippen molar-refractivity contribution in [2.24, 2.45) is 7.05 Å². The smallest absolute Gasteiger partial charge is 0.250 e. The van der Waals surface area contributed by atoms with Crippen LogP contribution in [0.3, 0.4) is 0 Å². The van der Waals surface area contributed by atoms with Crippen molar-refractivity contribution in [3.8, 4) is 0 Å². The Labute approximate surface area is 109 Å². The maximum atomic E-state index is 11.3. The fourth-order valence-electron chi connectivity index (χ4n) is 2.53. The van der Waals surface area contributed by atoms with Gasteiger partial charge in [-0.05, 0) is 31.9 Å². The average Bonchev–Trinajstić information content (AvgIpc) is 2.37. The molecule has 0 radical (unpaired) electrons. The van der Waals surface area contributed by atoms with Crippen LogP contribution in [0.4, 0.5) is 5.69 Å². The van der Waals surface area contributed by atoms with E-state index < -0.39 is 0 Å². The summed E-state index contributed by atoms with van der Waals surface area (Å²) in [6.45, 7) is 5.80. The van der Waals surface area contributed by atoms with Crippen LogP contribution in [0.1, 0.15) is 26.2 Å². The first-order chi connectivity index (χ1) is 8.69. The second-order valence-corrected chi connectivity index (χ2v) is 5.13. The van der Waals surface area contributed by atoms with Crippen molar-refractivity contribution in [2.45, 2.75) is 32.2 Å². The molecule has 0 bridgehead atoms. The second kappa shape index (κ2) is 6.05. The zero-order chi connectivity index (χ0) is 13.0. The molecule has 4 heteroatoms. The monoisotopic (exact) mass is 249 g/mol. The van der Waals surface area contributed by atoms with Crippen molar-refractivity contribution in [2.75, 3.05) is 25.0 Å². The Kier molecular flexibility index (Phi) is 4.42. The highest BCUT2D eigenvalue weighted by atomic mass is 16.1. The number of likely N-dealkylation sites (tertiary alicyclic amines) is 1. The summed E-state index contributed by atoms with van der Waals surface area (Å²) >= 11 is 0. The molecule has 1 N–H and O–H groups in total. The summed E-state index contributed by atoms with van der Waals surface area (Å²) in [4.78, 5) is 13.8. The summed E-state index contributed by atoms with van der Waals surface area (Å²) in [5, 5.41) is 3.53. The molecular weight excluding hydrogens is 226 g/mol. The molecule has 0 aliphatic carbocycles. The predicted molar refractivity (Wildman–Crippen MR) is 75.1 cm³/mol. The van der Waals surface area contributed by atoms with Gasteiger partial charge in [0, 0.05) is 38.4 Å². The molecule has 0 atom stereocenters. The summed E-state index contributed by atoms with van der Waals surface area (Å²) < 4.78 is 1.62. The molecule has 1 aliphatic rings. The molecule has 2 heterocycles.